The van der Waals surface area contributed by atoms with Crippen LogP contribution in [0.4, 0.5) is 0 Å². The first-order valence-corrected chi connectivity index (χ1v) is 5.88. The summed E-state index contributed by atoms with van der Waals surface area (Å²) < 4.78 is 0. The van der Waals surface area contributed by atoms with Crippen molar-refractivity contribution in [3.63, 3.8) is 0 Å². The van der Waals surface area contributed by atoms with Gasteiger partial charge in [0.25, 0.3) is 0 Å². The molecule has 0 saturated heterocycles. The van der Waals surface area contributed by atoms with E-state index in [4.69, 9.17) is 0 Å². The topological polar surface area (TPSA) is 0 Å². The van der Waals surface area contributed by atoms with E-state index in [0.29, 0.717) is 5.92 Å². The highest BCUT2D eigenvalue weighted by molar-refractivity contribution is 5.69. The first-order chi connectivity index (χ1) is 7.77. The molecule has 0 spiro atoms. The van der Waals surface area contributed by atoms with Gasteiger partial charge in [0.05, 0.1) is 0 Å². The minimum atomic E-state index is 0.585. The summed E-state index contributed by atoms with van der Waals surface area (Å²) in [6.45, 7) is 4.45. The van der Waals surface area contributed by atoms with Crippen LogP contribution < -0.4 is 0 Å². The zero-order valence-corrected chi connectivity index (χ0v) is 9.98. The van der Waals surface area contributed by atoms with Crippen molar-refractivity contribution in [2.45, 2.75) is 20.3 Å². The van der Waals surface area contributed by atoms with Crippen LogP contribution in [0.25, 0.3) is 5.57 Å². The smallest absolute Gasteiger partial charge is 0.0150 e. The van der Waals surface area contributed by atoms with E-state index >= 15 is 0 Å². The summed E-state index contributed by atoms with van der Waals surface area (Å²) in [4.78, 5) is 0. The minimum Gasteiger partial charge on any atom is -0.0810 e. The SMILES string of the molecule is CC1=CCC(C)/C(c2ccccc2)=C\C=C/1. The van der Waals surface area contributed by atoms with Crippen LogP contribution in [0.15, 0.2) is 60.2 Å². The Labute approximate surface area is 98.0 Å². The van der Waals surface area contributed by atoms with Crippen LogP contribution in [0.2, 0.25) is 0 Å². The summed E-state index contributed by atoms with van der Waals surface area (Å²) in [5.41, 5.74) is 4.13. The molecule has 0 bridgehead atoms. The first kappa shape index (κ1) is 10.9. The highest BCUT2D eigenvalue weighted by atomic mass is 14.1. The summed E-state index contributed by atoms with van der Waals surface area (Å²) in [6.07, 6.45) is 10.0. The van der Waals surface area contributed by atoms with E-state index in [0.717, 1.165) is 6.42 Å². The van der Waals surface area contributed by atoms with Gasteiger partial charge >= 0.3 is 0 Å². The van der Waals surface area contributed by atoms with E-state index in [2.05, 4.69) is 68.5 Å². The molecule has 0 fully saturated rings. The van der Waals surface area contributed by atoms with Crippen LogP contribution in [-0.4, -0.2) is 0 Å². The van der Waals surface area contributed by atoms with Crippen LogP contribution >= 0.6 is 0 Å². The average molecular weight is 210 g/mol. The molecule has 82 valence electrons. The first-order valence-electron chi connectivity index (χ1n) is 5.88. The molecule has 1 aromatic rings. The van der Waals surface area contributed by atoms with Crippen molar-refractivity contribution in [1.82, 2.24) is 0 Å². The van der Waals surface area contributed by atoms with Crippen LogP contribution in [0.1, 0.15) is 25.8 Å². The molecule has 1 aliphatic rings. The third kappa shape index (κ3) is 2.52. The largest absolute Gasteiger partial charge is 0.0810 e. The summed E-state index contributed by atoms with van der Waals surface area (Å²) in [6, 6.07) is 10.7. The molecule has 1 aromatic carbocycles. The molecule has 16 heavy (non-hydrogen) atoms. The molecule has 0 amide bonds. The normalized spacial score (nSPS) is 26.0. The van der Waals surface area contributed by atoms with E-state index in [1.807, 2.05) is 0 Å². The Morgan fingerprint density at radius 2 is 1.88 bits per heavy atom. The molecule has 0 heterocycles. The van der Waals surface area contributed by atoms with Crippen molar-refractivity contribution >= 4 is 5.57 Å². The highest BCUT2D eigenvalue weighted by Gasteiger charge is 2.09. The zero-order valence-electron chi connectivity index (χ0n) is 9.98. The molecule has 0 N–H and O–H groups in total. The average Bonchev–Trinajstić information content (AvgIpc) is 2.31. The number of allylic oxidation sites excluding steroid dienone is 6. The summed E-state index contributed by atoms with van der Waals surface area (Å²) >= 11 is 0. The second-order valence-corrected chi connectivity index (χ2v) is 4.43. The predicted molar refractivity (Wildman–Crippen MR) is 71.1 cm³/mol. The van der Waals surface area contributed by atoms with Crippen LogP contribution in [-0.2, 0) is 0 Å². The highest BCUT2D eigenvalue weighted by Crippen LogP contribution is 2.27. The Kier molecular flexibility index (Phi) is 3.40. The van der Waals surface area contributed by atoms with Gasteiger partial charge in [0.1, 0.15) is 0 Å². The zero-order chi connectivity index (χ0) is 11.4. The Bertz CT molecular complexity index is 432. The van der Waals surface area contributed by atoms with Crippen molar-refractivity contribution in [2.75, 3.05) is 0 Å². The number of hydrogen-bond acceptors (Lipinski definition) is 0. The van der Waals surface area contributed by atoms with Crippen molar-refractivity contribution in [3.8, 4) is 0 Å². The number of hydrogen-bond donors (Lipinski definition) is 0. The van der Waals surface area contributed by atoms with E-state index in [-0.39, 0.29) is 0 Å². The van der Waals surface area contributed by atoms with Gasteiger partial charge in [0.15, 0.2) is 0 Å². The quantitative estimate of drug-likeness (QED) is 0.635. The van der Waals surface area contributed by atoms with E-state index in [1.54, 1.807) is 0 Å². The van der Waals surface area contributed by atoms with Crippen LogP contribution in [0.3, 0.4) is 0 Å². The van der Waals surface area contributed by atoms with Gasteiger partial charge in [-0.05, 0) is 30.4 Å². The van der Waals surface area contributed by atoms with E-state index in [9.17, 15) is 0 Å². The van der Waals surface area contributed by atoms with Gasteiger partial charge in [0.2, 0.25) is 0 Å². The van der Waals surface area contributed by atoms with Gasteiger partial charge in [0, 0.05) is 0 Å². The second-order valence-electron chi connectivity index (χ2n) is 4.43. The molecule has 0 aliphatic heterocycles. The lowest BCUT2D eigenvalue weighted by atomic mass is 9.89. The molecular formula is C16H18. The fourth-order valence-electron chi connectivity index (χ4n) is 2.04. The Balaban J connectivity index is 2.34. The molecule has 2 rings (SSSR count). The fraction of sp³-hybridized carbons (Fsp3) is 0.250. The fourth-order valence-corrected chi connectivity index (χ4v) is 2.04. The Morgan fingerprint density at radius 1 is 1.12 bits per heavy atom. The maximum atomic E-state index is 2.32. The molecule has 0 nitrogen and oxygen atoms in total. The molecule has 1 aliphatic carbocycles. The van der Waals surface area contributed by atoms with Gasteiger partial charge < -0.3 is 0 Å². The van der Waals surface area contributed by atoms with Gasteiger partial charge in [-0.3, -0.25) is 0 Å². The minimum absolute atomic E-state index is 0.585. The Morgan fingerprint density at radius 3 is 2.62 bits per heavy atom. The number of benzene rings is 1. The second kappa shape index (κ2) is 4.98. The lowest BCUT2D eigenvalue weighted by molar-refractivity contribution is 0.762. The third-order valence-electron chi connectivity index (χ3n) is 3.07. The van der Waals surface area contributed by atoms with Crippen LogP contribution in [0, 0.1) is 5.92 Å². The molecule has 0 radical (unpaired) electrons. The van der Waals surface area contributed by atoms with Gasteiger partial charge in [-0.2, -0.15) is 0 Å². The molecule has 0 aromatic heterocycles. The standard InChI is InChI=1S/C16H18/c1-13-7-6-10-16(14(2)12-11-13)15-8-4-3-5-9-15/h3-11,14H,12H2,1-2H3/b7-6-,13-11?,16-10+. The molecule has 1 unspecified atom stereocenters. The molecule has 0 heteroatoms. The maximum absolute atomic E-state index is 2.32. The van der Waals surface area contributed by atoms with Crippen molar-refractivity contribution < 1.29 is 0 Å². The monoisotopic (exact) mass is 210 g/mol. The third-order valence-corrected chi connectivity index (χ3v) is 3.07. The lowest BCUT2D eigenvalue weighted by Crippen LogP contribution is -1.99. The van der Waals surface area contributed by atoms with E-state index < -0.39 is 0 Å². The molecule has 0 saturated carbocycles. The van der Waals surface area contributed by atoms with Crippen LogP contribution in [0.5, 0.6) is 0 Å². The van der Waals surface area contributed by atoms with Crippen molar-refractivity contribution in [2.24, 2.45) is 5.92 Å². The van der Waals surface area contributed by atoms with Crippen molar-refractivity contribution in [1.29, 1.82) is 0 Å². The van der Waals surface area contributed by atoms with Crippen molar-refractivity contribution in [3.05, 3.63) is 65.8 Å². The van der Waals surface area contributed by atoms with Gasteiger partial charge in [-0.1, -0.05) is 67.1 Å². The predicted octanol–water partition coefficient (Wildman–Crippen LogP) is 4.61. The summed E-state index contributed by atoms with van der Waals surface area (Å²) in [7, 11) is 0. The summed E-state index contributed by atoms with van der Waals surface area (Å²) in [5, 5.41) is 0. The molecular weight excluding hydrogens is 192 g/mol. The molecule has 1 atom stereocenters. The Hall–Kier alpha value is -1.56. The maximum Gasteiger partial charge on any atom is -0.0150 e. The summed E-state index contributed by atoms with van der Waals surface area (Å²) in [5.74, 6) is 0.585. The number of rotatable bonds is 1. The lowest BCUT2D eigenvalue weighted by Gasteiger charge is -2.16. The van der Waals surface area contributed by atoms with Gasteiger partial charge in [-0.25, -0.2) is 0 Å². The van der Waals surface area contributed by atoms with E-state index in [1.165, 1.54) is 16.7 Å². The van der Waals surface area contributed by atoms with Gasteiger partial charge in [-0.15, -0.1) is 0 Å².